The molecule has 0 fully saturated rings. The molecule has 1 N–H and O–H groups in total. The molecular formula is C13H20O6. The van der Waals surface area contributed by atoms with Crippen molar-refractivity contribution < 1.29 is 28.5 Å². The van der Waals surface area contributed by atoms with Gasteiger partial charge in [0.2, 0.25) is 0 Å². The van der Waals surface area contributed by atoms with Gasteiger partial charge in [-0.1, -0.05) is 0 Å². The van der Waals surface area contributed by atoms with E-state index in [1.54, 1.807) is 14.0 Å². The Morgan fingerprint density at radius 3 is 2.63 bits per heavy atom. The van der Waals surface area contributed by atoms with Gasteiger partial charge in [-0.05, 0) is 19.4 Å². The molecule has 1 aromatic heterocycles. The third-order valence-corrected chi connectivity index (χ3v) is 2.45. The second-order valence-corrected chi connectivity index (χ2v) is 4.00. The van der Waals surface area contributed by atoms with Crippen LogP contribution in [-0.2, 0) is 20.8 Å². The van der Waals surface area contributed by atoms with Gasteiger partial charge in [0.1, 0.15) is 23.7 Å². The molecule has 0 aromatic carbocycles. The summed E-state index contributed by atoms with van der Waals surface area (Å²) in [7, 11) is 1.63. The first-order valence-corrected chi connectivity index (χ1v) is 6.12. The molecule has 0 amide bonds. The molecule has 0 bridgehead atoms. The van der Waals surface area contributed by atoms with Gasteiger partial charge in [-0.25, -0.2) is 4.79 Å². The van der Waals surface area contributed by atoms with Crippen molar-refractivity contribution in [2.24, 2.45) is 0 Å². The summed E-state index contributed by atoms with van der Waals surface area (Å²) < 4.78 is 20.8. The maximum Gasteiger partial charge on any atom is 0.339 e. The van der Waals surface area contributed by atoms with Crippen molar-refractivity contribution in [3.8, 4) is 0 Å². The van der Waals surface area contributed by atoms with Crippen LogP contribution in [0.1, 0.15) is 28.3 Å². The van der Waals surface area contributed by atoms with Crippen molar-refractivity contribution in [1.29, 1.82) is 0 Å². The van der Waals surface area contributed by atoms with Gasteiger partial charge in [-0.2, -0.15) is 0 Å². The van der Waals surface area contributed by atoms with Crippen LogP contribution in [0.5, 0.6) is 0 Å². The van der Waals surface area contributed by atoms with E-state index in [4.69, 9.17) is 23.7 Å². The van der Waals surface area contributed by atoms with Crippen LogP contribution in [0.3, 0.4) is 0 Å². The monoisotopic (exact) mass is 272 g/mol. The normalized spacial score (nSPS) is 10.8. The maximum absolute atomic E-state index is 10.8. The zero-order valence-electron chi connectivity index (χ0n) is 11.3. The molecule has 0 atom stereocenters. The number of carboxylic acids is 1. The average Bonchev–Trinajstić information content (AvgIpc) is 2.74. The second-order valence-electron chi connectivity index (χ2n) is 4.00. The van der Waals surface area contributed by atoms with Gasteiger partial charge in [0.25, 0.3) is 0 Å². The smallest absolute Gasteiger partial charge is 0.339 e. The van der Waals surface area contributed by atoms with Gasteiger partial charge in [0.15, 0.2) is 0 Å². The Labute approximate surface area is 112 Å². The minimum atomic E-state index is -0.987. The molecule has 0 aliphatic rings. The Morgan fingerprint density at radius 2 is 2.00 bits per heavy atom. The highest BCUT2D eigenvalue weighted by atomic mass is 16.5. The molecule has 6 heteroatoms. The van der Waals surface area contributed by atoms with E-state index in [0.717, 1.165) is 6.42 Å². The Kier molecular flexibility index (Phi) is 7.17. The highest BCUT2D eigenvalue weighted by Crippen LogP contribution is 2.15. The second kappa shape index (κ2) is 8.68. The van der Waals surface area contributed by atoms with Gasteiger partial charge in [-0.15, -0.1) is 0 Å². The van der Waals surface area contributed by atoms with Crippen LogP contribution in [0.2, 0.25) is 0 Å². The highest BCUT2D eigenvalue weighted by molar-refractivity contribution is 5.88. The number of aryl methyl sites for hydroxylation is 1. The molecule has 0 saturated carbocycles. The van der Waals surface area contributed by atoms with E-state index in [0.29, 0.717) is 37.9 Å². The molecular weight excluding hydrogens is 252 g/mol. The SMILES string of the molecule is COCCOCCCOCc1cc(C(=O)O)c(C)o1. The van der Waals surface area contributed by atoms with Crippen molar-refractivity contribution in [3.63, 3.8) is 0 Å². The predicted octanol–water partition coefficient (Wildman–Crippen LogP) is 1.86. The fourth-order valence-corrected chi connectivity index (χ4v) is 1.51. The van der Waals surface area contributed by atoms with Crippen LogP contribution in [0.4, 0.5) is 0 Å². The quantitative estimate of drug-likeness (QED) is 0.655. The van der Waals surface area contributed by atoms with E-state index in [1.807, 2.05) is 0 Å². The number of carboxylic acid groups (broad SMARTS) is 1. The molecule has 0 spiro atoms. The summed E-state index contributed by atoms with van der Waals surface area (Å²) >= 11 is 0. The lowest BCUT2D eigenvalue weighted by molar-refractivity contribution is 0.0452. The number of hydrogen-bond donors (Lipinski definition) is 1. The first kappa shape index (κ1) is 15.7. The Bertz CT molecular complexity index is 384. The first-order valence-electron chi connectivity index (χ1n) is 6.12. The zero-order valence-corrected chi connectivity index (χ0v) is 11.3. The molecule has 0 aliphatic heterocycles. The summed E-state index contributed by atoms with van der Waals surface area (Å²) in [6.45, 7) is 4.21. The summed E-state index contributed by atoms with van der Waals surface area (Å²) in [5.41, 5.74) is 0.182. The summed E-state index contributed by atoms with van der Waals surface area (Å²) in [4.78, 5) is 10.8. The van der Waals surface area contributed by atoms with Gasteiger partial charge in [0.05, 0.1) is 13.2 Å². The van der Waals surface area contributed by atoms with Crippen molar-refractivity contribution in [3.05, 3.63) is 23.2 Å². The summed E-state index contributed by atoms with van der Waals surface area (Å²) in [5, 5.41) is 8.86. The van der Waals surface area contributed by atoms with E-state index in [-0.39, 0.29) is 12.2 Å². The number of furan rings is 1. The molecule has 0 unspecified atom stereocenters. The van der Waals surface area contributed by atoms with Gasteiger partial charge in [-0.3, -0.25) is 0 Å². The topological polar surface area (TPSA) is 78.1 Å². The summed E-state index contributed by atoms with van der Waals surface area (Å²) in [5.74, 6) is -0.0664. The predicted molar refractivity (Wildman–Crippen MR) is 67.4 cm³/mol. The van der Waals surface area contributed by atoms with Gasteiger partial charge in [0, 0.05) is 20.3 Å². The number of rotatable bonds is 10. The molecule has 1 aromatic rings. The Morgan fingerprint density at radius 1 is 1.26 bits per heavy atom. The lowest BCUT2D eigenvalue weighted by atomic mass is 10.2. The van der Waals surface area contributed by atoms with Crippen LogP contribution in [0.25, 0.3) is 0 Å². The van der Waals surface area contributed by atoms with E-state index in [9.17, 15) is 4.79 Å². The number of ether oxygens (including phenoxy) is 3. The van der Waals surface area contributed by atoms with Crippen molar-refractivity contribution in [1.82, 2.24) is 0 Å². The van der Waals surface area contributed by atoms with Gasteiger partial charge >= 0.3 is 5.97 Å². The van der Waals surface area contributed by atoms with Crippen LogP contribution in [-0.4, -0.2) is 44.6 Å². The summed E-state index contributed by atoms with van der Waals surface area (Å²) in [6.07, 6.45) is 0.773. The number of aromatic carboxylic acids is 1. The Balaban J connectivity index is 2.12. The largest absolute Gasteiger partial charge is 0.478 e. The number of carbonyl (C=O) groups is 1. The fraction of sp³-hybridized carbons (Fsp3) is 0.615. The number of methoxy groups -OCH3 is 1. The molecule has 1 rings (SSSR count). The van der Waals surface area contributed by atoms with Crippen LogP contribution < -0.4 is 0 Å². The van der Waals surface area contributed by atoms with E-state index >= 15 is 0 Å². The fourth-order valence-electron chi connectivity index (χ4n) is 1.51. The highest BCUT2D eigenvalue weighted by Gasteiger charge is 2.13. The third-order valence-electron chi connectivity index (χ3n) is 2.45. The molecule has 0 saturated heterocycles. The average molecular weight is 272 g/mol. The molecule has 1 heterocycles. The summed E-state index contributed by atoms with van der Waals surface area (Å²) in [6, 6.07) is 1.49. The van der Waals surface area contributed by atoms with Crippen molar-refractivity contribution >= 4 is 5.97 Å². The molecule has 19 heavy (non-hydrogen) atoms. The molecule has 0 radical (unpaired) electrons. The van der Waals surface area contributed by atoms with E-state index in [2.05, 4.69) is 0 Å². The third kappa shape index (κ3) is 5.87. The molecule has 6 nitrogen and oxygen atoms in total. The molecule has 108 valence electrons. The Hall–Kier alpha value is -1.37. The minimum Gasteiger partial charge on any atom is -0.478 e. The molecule has 0 aliphatic carbocycles. The van der Waals surface area contributed by atoms with Crippen molar-refractivity contribution in [2.75, 3.05) is 33.5 Å². The van der Waals surface area contributed by atoms with Gasteiger partial charge < -0.3 is 23.7 Å². The van der Waals surface area contributed by atoms with E-state index in [1.165, 1.54) is 6.07 Å². The van der Waals surface area contributed by atoms with Crippen molar-refractivity contribution in [2.45, 2.75) is 20.0 Å². The van der Waals surface area contributed by atoms with Crippen LogP contribution in [0.15, 0.2) is 10.5 Å². The lowest BCUT2D eigenvalue weighted by Crippen LogP contribution is -2.05. The first-order chi connectivity index (χ1) is 9.15. The lowest BCUT2D eigenvalue weighted by Gasteiger charge is -2.04. The van der Waals surface area contributed by atoms with Crippen LogP contribution in [0, 0.1) is 6.92 Å². The standard InChI is InChI=1S/C13H20O6/c1-10-12(13(14)15)8-11(19-10)9-18-5-3-4-17-7-6-16-2/h8H,3-7,9H2,1-2H3,(H,14,15). The minimum absolute atomic E-state index is 0.182. The maximum atomic E-state index is 10.8. The van der Waals surface area contributed by atoms with Crippen LogP contribution >= 0.6 is 0 Å². The zero-order chi connectivity index (χ0) is 14.1. The van der Waals surface area contributed by atoms with E-state index < -0.39 is 5.97 Å². The number of hydrogen-bond acceptors (Lipinski definition) is 5.